The van der Waals surface area contributed by atoms with Crippen molar-refractivity contribution >= 4 is 17.4 Å². The van der Waals surface area contributed by atoms with Crippen molar-refractivity contribution in [2.75, 3.05) is 42.9 Å². The quantitative estimate of drug-likeness (QED) is 0.821. The predicted octanol–water partition coefficient (Wildman–Crippen LogP) is 2.51. The van der Waals surface area contributed by atoms with E-state index in [1.54, 1.807) is 13.0 Å². The van der Waals surface area contributed by atoms with Gasteiger partial charge in [-0.1, -0.05) is 0 Å². The van der Waals surface area contributed by atoms with E-state index in [4.69, 9.17) is 0 Å². The number of carbonyl (C=O) groups is 1. The first kappa shape index (κ1) is 20.2. The summed E-state index contributed by atoms with van der Waals surface area (Å²) in [5.41, 5.74) is 0.358. The summed E-state index contributed by atoms with van der Waals surface area (Å²) in [6, 6.07) is 6.21. The summed E-state index contributed by atoms with van der Waals surface area (Å²) >= 11 is 0. The van der Waals surface area contributed by atoms with Crippen LogP contribution in [-0.4, -0.2) is 59.7 Å². The van der Waals surface area contributed by atoms with Gasteiger partial charge in [0.2, 0.25) is 0 Å². The molecule has 2 aromatic rings. The number of halogens is 2. The number of aliphatic hydroxyl groups excluding tert-OH is 1. The second-order valence-corrected chi connectivity index (χ2v) is 7.01. The number of β-amino-alcohol motifs (C(OH)–C–C–N with tert-alkyl or cyclic N) is 1. The Bertz CT molecular complexity index is 794. The van der Waals surface area contributed by atoms with Crippen molar-refractivity contribution in [1.29, 1.82) is 0 Å². The number of aromatic nitrogens is 1. The maximum Gasteiger partial charge on any atom is 0.255 e. The van der Waals surface area contributed by atoms with Crippen LogP contribution in [0.15, 0.2) is 36.5 Å². The molecule has 0 bridgehead atoms. The van der Waals surface area contributed by atoms with E-state index in [-0.39, 0.29) is 11.7 Å². The van der Waals surface area contributed by atoms with Gasteiger partial charge in [0.15, 0.2) is 0 Å². The Morgan fingerprint density at radius 1 is 1.18 bits per heavy atom. The fraction of sp³-hybridized carbons (Fsp3) is 0.400. The van der Waals surface area contributed by atoms with Crippen molar-refractivity contribution < 1.29 is 18.7 Å². The van der Waals surface area contributed by atoms with Crippen LogP contribution in [0.1, 0.15) is 23.7 Å². The maximum absolute atomic E-state index is 13.3. The van der Waals surface area contributed by atoms with Crippen LogP contribution in [0.2, 0.25) is 0 Å². The molecule has 1 unspecified atom stereocenters. The molecule has 1 atom stereocenters. The molecule has 1 aliphatic heterocycles. The number of anilines is 2. The number of nitrogens with one attached hydrogen (secondary N) is 1. The molecular weight excluding hydrogens is 366 g/mol. The zero-order chi connectivity index (χ0) is 20.1. The average Bonchev–Trinajstić information content (AvgIpc) is 2.86. The predicted molar refractivity (Wildman–Crippen MR) is 103 cm³/mol. The molecule has 1 amide bonds. The van der Waals surface area contributed by atoms with E-state index >= 15 is 0 Å². The molecule has 6 nitrogen and oxygen atoms in total. The first-order chi connectivity index (χ1) is 13.4. The number of carbonyl (C=O) groups excluding carboxylic acids is 1. The largest absolute Gasteiger partial charge is 0.392 e. The smallest absolute Gasteiger partial charge is 0.255 e. The standard InChI is InChI=1S/C20H24F2N4O2/c1-14(27)13-25-5-2-6-26(8-7-25)19-4-3-18(12-23-19)24-20(28)15-9-16(21)11-17(22)10-15/h3-4,9-12,14,27H,2,5-8,13H2,1H3,(H,24,28). The lowest BCUT2D eigenvalue weighted by atomic mass is 10.2. The van der Waals surface area contributed by atoms with Gasteiger partial charge in [-0.15, -0.1) is 0 Å². The van der Waals surface area contributed by atoms with Crippen LogP contribution in [0.4, 0.5) is 20.3 Å². The van der Waals surface area contributed by atoms with Gasteiger partial charge in [0, 0.05) is 37.8 Å². The number of amides is 1. The average molecular weight is 390 g/mol. The van der Waals surface area contributed by atoms with Gasteiger partial charge in [-0.05, 0) is 44.2 Å². The van der Waals surface area contributed by atoms with Crippen molar-refractivity contribution in [1.82, 2.24) is 9.88 Å². The number of nitrogens with zero attached hydrogens (tertiary/aromatic N) is 3. The molecule has 1 aromatic carbocycles. The van der Waals surface area contributed by atoms with Crippen molar-refractivity contribution in [3.63, 3.8) is 0 Å². The minimum atomic E-state index is -0.801. The lowest BCUT2D eigenvalue weighted by Crippen LogP contribution is -2.35. The molecule has 2 heterocycles. The van der Waals surface area contributed by atoms with Crippen molar-refractivity contribution in [2.45, 2.75) is 19.4 Å². The molecule has 1 aromatic heterocycles. The topological polar surface area (TPSA) is 68.7 Å². The lowest BCUT2D eigenvalue weighted by Gasteiger charge is -2.23. The zero-order valence-corrected chi connectivity index (χ0v) is 15.7. The molecule has 28 heavy (non-hydrogen) atoms. The Labute approximate surface area is 162 Å². The highest BCUT2D eigenvalue weighted by atomic mass is 19.1. The summed E-state index contributed by atoms with van der Waals surface area (Å²) in [6.07, 6.45) is 2.15. The number of hydrogen-bond donors (Lipinski definition) is 2. The summed E-state index contributed by atoms with van der Waals surface area (Å²) in [6.45, 7) is 5.88. The van der Waals surface area contributed by atoms with E-state index in [1.807, 2.05) is 6.07 Å². The summed E-state index contributed by atoms with van der Waals surface area (Å²) in [4.78, 5) is 21.0. The molecule has 150 valence electrons. The Kier molecular flexibility index (Phi) is 6.53. The number of rotatable bonds is 5. The van der Waals surface area contributed by atoms with Gasteiger partial charge in [0.25, 0.3) is 5.91 Å². The summed E-state index contributed by atoms with van der Waals surface area (Å²) in [5.74, 6) is -1.40. The second-order valence-electron chi connectivity index (χ2n) is 7.01. The number of pyridine rings is 1. The van der Waals surface area contributed by atoms with Crippen LogP contribution < -0.4 is 10.2 Å². The molecule has 8 heteroatoms. The SMILES string of the molecule is CC(O)CN1CCCN(c2ccc(NC(=O)c3cc(F)cc(F)c3)cn2)CC1. The van der Waals surface area contributed by atoms with Crippen molar-refractivity contribution in [3.8, 4) is 0 Å². The first-order valence-electron chi connectivity index (χ1n) is 9.29. The zero-order valence-electron chi connectivity index (χ0n) is 15.7. The lowest BCUT2D eigenvalue weighted by molar-refractivity contribution is 0.102. The number of hydrogen-bond acceptors (Lipinski definition) is 5. The van der Waals surface area contributed by atoms with Gasteiger partial charge < -0.3 is 15.3 Å². The third-order valence-corrected chi connectivity index (χ3v) is 4.57. The van der Waals surface area contributed by atoms with E-state index in [1.165, 1.54) is 6.20 Å². The Hall–Kier alpha value is -2.58. The van der Waals surface area contributed by atoms with Crippen LogP contribution in [0.25, 0.3) is 0 Å². The third-order valence-electron chi connectivity index (χ3n) is 4.57. The normalized spacial score (nSPS) is 16.5. The molecule has 1 saturated heterocycles. The van der Waals surface area contributed by atoms with Crippen LogP contribution in [0, 0.1) is 11.6 Å². The van der Waals surface area contributed by atoms with Gasteiger partial charge in [-0.3, -0.25) is 9.69 Å². The molecule has 0 radical (unpaired) electrons. The monoisotopic (exact) mass is 390 g/mol. The molecule has 0 aliphatic carbocycles. The van der Waals surface area contributed by atoms with E-state index in [0.717, 1.165) is 56.6 Å². The van der Waals surface area contributed by atoms with Crippen LogP contribution in [-0.2, 0) is 0 Å². The van der Waals surface area contributed by atoms with Crippen LogP contribution >= 0.6 is 0 Å². The molecule has 3 rings (SSSR count). The van der Waals surface area contributed by atoms with Crippen molar-refractivity contribution in [3.05, 3.63) is 53.7 Å². The fourth-order valence-electron chi connectivity index (χ4n) is 3.29. The first-order valence-corrected chi connectivity index (χ1v) is 9.29. The highest BCUT2D eigenvalue weighted by Crippen LogP contribution is 2.17. The van der Waals surface area contributed by atoms with E-state index < -0.39 is 17.5 Å². The highest BCUT2D eigenvalue weighted by molar-refractivity contribution is 6.04. The van der Waals surface area contributed by atoms with E-state index in [2.05, 4.69) is 20.1 Å². The molecule has 1 aliphatic rings. The van der Waals surface area contributed by atoms with E-state index in [0.29, 0.717) is 12.2 Å². The molecule has 0 spiro atoms. The molecule has 1 fully saturated rings. The van der Waals surface area contributed by atoms with Crippen molar-refractivity contribution in [2.24, 2.45) is 0 Å². The van der Waals surface area contributed by atoms with Gasteiger partial charge in [-0.2, -0.15) is 0 Å². The fourth-order valence-corrected chi connectivity index (χ4v) is 3.29. The maximum atomic E-state index is 13.3. The van der Waals surface area contributed by atoms with E-state index in [9.17, 15) is 18.7 Å². The molecular formula is C20H24F2N4O2. The van der Waals surface area contributed by atoms with Gasteiger partial charge in [0.05, 0.1) is 18.0 Å². The Morgan fingerprint density at radius 3 is 2.57 bits per heavy atom. The van der Waals surface area contributed by atoms with Crippen LogP contribution in [0.3, 0.4) is 0 Å². The minimum absolute atomic E-state index is 0.0905. The molecule has 0 saturated carbocycles. The number of benzene rings is 1. The summed E-state index contributed by atoms with van der Waals surface area (Å²) in [7, 11) is 0. The Morgan fingerprint density at radius 2 is 1.93 bits per heavy atom. The minimum Gasteiger partial charge on any atom is -0.392 e. The van der Waals surface area contributed by atoms with Gasteiger partial charge in [0.1, 0.15) is 17.5 Å². The van der Waals surface area contributed by atoms with Gasteiger partial charge in [-0.25, -0.2) is 13.8 Å². The van der Waals surface area contributed by atoms with Crippen LogP contribution in [0.5, 0.6) is 0 Å². The third kappa shape index (κ3) is 5.46. The number of aliphatic hydroxyl groups is 1. The highest BCUT2D eigenvalue weighted by Gasteiger charge is 2.17. The Balaban J connectivity index is 1.61. The second kappa shape index (κ2) is 9.07. The van der Waals surface area contributed by atoms with Gasteiger partial charge >= 0.3 is 0 Å². The summed E-state index contributed by atoms with van der Waals surface area (Å²) < 4.78 is 26.5. The molecule has 2 N–H and O–H groups in total. The summed E-state index contributed by atoms with van der Waals surface area (Å²) in [5, 5.41) is 12.1.